The summed E-state index contributed by atoms with van der Waals surface area (Å²) in [6.45, 7) is 3.53. The molecule has 162 valence electrons. The molecule has 0 bridgehead atoms. The lowest BCUT2D eigenvalue weighted by Crippen LogP contribution is -2.43. The van der Waals surface area contributed by atoms with Gasteiger partial charge in [-0.1, -0.05) is 57.9 Å². The number of halogens is 1. The monoisotopic (exact) mass is 492 g/mol. The minimum absolute atomic E-state index is 0.00387. The Hall–Kier alpha value is -1.70. The van der Waals surface area contributed by atoms with Crippen molar-refractivity contribution in [2.75, 3.05) is 19.6 Å². The third-order valence-electron chi connectivity index (χ3n) is 5.50. The first-order valence-electron chi connectivity index (χ1n) is 10.4. The molecule has 0 spiro atoms. The number of carbonyl (C=O) groups is 1. The molecule has 0 atom stereocenters. The van der Waals surface area contributed by atoms with E-state index >= 15 is 0 Å². The summed E-state index contributed by atoms with van der Waals surface area (Å²) in [5.74, 6) is -0.0666. The minimum Gasteiger partial charge on any atom is -0.356 e. The first-order valence-corrected chi connectivity index (χ1v) is 12.8. The summed E-state index contributed by atoms with van der Waals surface area (Å²) >= 11 is 3.36. The summed E-state index contributed by atoms with van der Waals surface area (Å²) in [6.07, 6.45) is 2.98. The first-order chi connectivity index (χ1) is 14.3. The fourth-order valence-electron chi connectivity index (χ4n) is 3.79. The van der Waals surface area contributed by atoms with Crippen molar-refractivity contribution in [2.24, 2.45) is 5.92 Å². The van der Waals surface area contributed by atoms with Crippen LogP contribution in [0.15, 0.2) is 53.0 Å². The lowest BCUT2D eigenvalue weighted by atomic mass is 9.97. The Kier molecular flexibility index (Phi) is 8.08. The largest absolute Gasteiger partial charge is 0.356 e. The SMILES string of the molecule is Cc1cccc(CCCNC(=O)C2CCN(S(=O)(=O)Cc3ccc(Br)cc3)CC2)c1. The van der Waals surface area contributed by atoms with Crippen LogP contribution < -0.4 is 5.32 Å². The van der Waals surface area contributed by atoms with E-state index in [1.54, 1.807) is 0 Å². The average Bonchev–Trinajstić information content (AvgIpc) is 2.73. The third kappa shape index (κ3) is 6.65. The third-order valence-corrected chi connectivity index (χ3v) is 7.88. The summed E-state index contributed by atoms with van der Waals surface area (Å²) < 4.78 is 27.8. The molecule has 0 unspecified atom stereocenters. The molecule has 0 radical (unpaired) electrons. The Morgan fingerprint density at radius 2 is 1.80 bits per heavy atom. The van der Waals surface area contributed by atoms with Gasteiger partial charge < -0.3 is 5.32 Å². The highest BCUT2D eigenvalue weighted by Crippen LogP contribution is 2.22. The van der Waals surface area contributed by atoms with Crippen LogP contribution in [0.3, 0.4) is 0 Å². The molecule has 1 N–H and O–H groups in total. The molecule has 1 heterocycles. The van der Waals surface area contributed by atoms with E-state index in [9.17, 15) is 13.2 Å². The van der Waals surface area contributed by atoms with Crippen LogP contribution in [0, 0.1) is 12.8 Å². The zero-order chi connectivity index (χ0) is 21.6. The van der Waals surface area contributed by atoms with E-state index in [1.165, 1.54) is 15.4 Å². The van der Waals surface area contributed by atoms with Crippen LogP contribution in [0.25, 0.3) is 0 Å². The van der Waals surface area contributed by atoms with Crippen molar-refractivity contribution >= 4 is 31.9 Å². The molecule has 1 fully saturated rings. The Balaban J connectivity index is 1.40. The summed E-state index contributed by atoms with van der Waals surface area (Å²) in [5.41, 5.74) is 3.30. The highest BCUT2D eigenvalue weighted by molar-refractivity contribution is 9.10. The molecule has 5 nitrogen and oxygen atoms in total. The van der Waals surface area contributed by atoms with Crippen LogP contribution >= 0.6 is 15.9 Å². The number of rotatable bonds is 8. The molecular weight excluding hydrogens is 464 g/mol. The average molecular weight is 493 g/mol. The summed E-state index contributed by atoms with van der Waals surface area (Å²) in [7, 11) is -3.37. The van der Waals surface area contributed by atoms with Crippen LogP contribution in [0.5, 0.6) is 0 Å². The molecule has 0 aromatic heterocycles. The van der Waals surface area contributed by atoms with Crippen molar-refractivity contribution in [3.05, 3.63) is 69.7 Å². The maximum Gasteiger partial charge on any atom is 0.223 e. The summed E-state index contributed by atoms with van der Waals surface area (Å²) in [6, 6.07) is 15.8. The fourth-order valence-corrected chi connectivity index (χ4v) is 5.62. The van der Waals surface area contributed by atoms with E-state index in [1.807, 2.05) is 24.3 Å². The first kappa shape index (κ1) is 23.0. The Labute approximate surface area is 188 Å². The number of amides is 1. The van der Waals surface area contributed by atoms with Crippen LogP contribution in [-0.2, 0) is 27.0 Å². The summed E-state index contributed by atoms with van der Waals surface area (Å²) in [4.78, 5) is 12.5. The molecule has 2 aromatic rings. The van der Waals surface area contributed by atoms with E-state index in [2.05, 4.69) is 52.4 Å². The molecule has 30 heavy (non-hydrogen) atoms. The molecule has 1 aliphatic rings. The Morgan fingerprint density at radius 1 is 1.10 bits per heavy atom. The molecule has 1 saturated heterocycles. The predicted octanol–water partition coefficient (Wildman–Crippen LogP) is 4.05. The van der Waals surface area contributed by atoms with Gasteiger partial charge in [0, 0.05) is 30.0 Å². The van der Waals surface area contributed by atoms with Gasteiger partial charge in [0.1, 0.15) is 0 Å². The number of hydrogen-bond donors (Lipinski definition) is 1. The van der Waals surface area contributed by atoms with Gasteiger partial charge in [0.15, 0.2) is 0 Å². The number of sulfonamides is 1. The normalized spacial score (nSPS) is 15.8. The zero-order valence-electron chi connectivity index (χ0n) is 17.3. The smallest absolute Gasteiger partial charge is 0.223 e. The molecule has 1 amide bonds. The van der Waals surface area contributed by atoms with Crippen molar-refractivity contribution in [3.8, 4) is 0 Å². The second-order valence-electron chi connectivity index (χ2n) is 7.94. The van der Waals surface area contributed by atoms with Crippen molar-refractivity contribution in [1.29, 1.82) is 0 Å². The van der Waals surface area contributed by atoms with Crippen LogP contribution in [0.4, 0.5) is 0 Å². The highest BCUT2D eigenvalue weighted by Gasteiger charge is 2.31. The van der Waals surface area contributed by atoms with Crippen molar-refractivity contribution in [2.45, 2.75) is 38.4 Å². The van der Waals surface area contributed by atoms with Gasteiger partial charge >= 0.3 is 0 Å². The van der Waals surface area contributed by atoms with E-state index in [-0.39, 0.29) is 17.6 Å². The Bertz CT molecular complexity index is 953. The molecular formula is C23H29BrN2O3S. The summed E-state index contributed by atoms with van der Waals surface area (Å²) in [5, 5.41) is 3.02. The number of nitrogens with one attached hydrogen (secondary N) is 1. The van der Waals surface area contributed by atoms with E-state index < -0.39 is 10.0 Å². The van der Waals surface area contributed by atoms with Crippen LogP contribution in [0.1, 0.15) is 36.0 Å². The number of aryl methyl sites for hydroxylation is 2. The number of carbonyl (C=O) groups excluding carboxylic acids is 1. The van der Waals surface area contributed by atoms with Crippen LogP contribution in [-0.4, -0.2) is 38.3 Å². The van der Waals surface area contributed by atoms with E-state index in [4.69, 9.17) is 0 Å². The molecule has 2 aromatic carbocycles. The van der Waals surface area contributed by atoms with Gasteiger partial charge in [0.05, 0.1) is 5.75 Å². The predicted molar refractivity (Wildman–Crippen MR) is 124 cm³/mol. The second-order valence-corrected chi connectivity index (χ2v) is 10.8. The lowest BCUT2D eigenvalue weighted by Gasteiger charge is -2.30. The quantitative estimate of drug-likeness (QED) is 0.565. The number of nitrogens with zero attached hydrogens (tertiary/aromatic N) is 1. The van der Waals surface area contributed by atoms with Crippen LogP contribution in [0.2, 0.25) is 0 Å². The van der Waals surface area contributed by atoms with Gasteiger partial charge in [-0.05, 0) is 55.9 Å². The van der Waals surface area contributed by atoms with Gasteiger partial charge in [-0.25, -0.2) is 12.7 Å². The highest BCUT2D eigenvalue weighted by atomic mass is 79.9. The van der Waals surface area contributed by atoms with Gasteiger partial charge in [0.2, 0.25) is 15.9 Å². The van der Waals surface area contributed by atoms with Gasteiger partial charge in [-0.2, -0.15) is 0 Å². The van der Waals surface area contributed by atoms with Crippen molar-refractivity contribution < 1.29 is 13.2 Å². The topological polar surface area (TPSA) is 66.5 Å². The number of piperidine rings is 1. The molecule has 1 aliphatic heterocycles. The van der Waals surface area contributed by atoms with Gasteiger partial charge in [0.25, 0.3) is 0 Å². The Morgan fingerprint density at radius 3 is 2.47 bits per heavy atom. The number of benzene rings is 2. The maximum absolute atomic E-state index is 12.7. The second kappa shape index (κ2) is 10.6. The van der Waals surface area contributed by atoms with Gasteiger partial charge in [-0.3, -0.25) is 4.79 Å². The van der Waals surface area contributed by atoms with Crippen molar-refractivity contribution in [3.63, 3.8) is 0 Å². The molecule has 7 heteroatoms. The lowest BCUT2D eigenvalue weighted by molar-refractivity contribution is -0.126. The van der Waals surface area contributed by atoms with Crippen molar-refractivity contribution in [1.82, 2.24) is 9.62 Å². The molecule has 0 saturated carbocycles. The molecule has 3 rings (SSSR count). The number of hydrogen-bond acceptors (Lipinski definition) is 3. The zero-order valence-corrected chi connectivity index (χ0v) is 19.7. The standard InChI is InChI=1S/C23H29BrN2O3S/c1-18-4-2-5-19(16-18)6-3-13-25-23(27)21-11-14-26(15-12-21)30(28,29)17-20-7-9-22(24)10-8-20/h2,4-5,7-10,16,21H,3,6,11-15,17H2,1H3,(H,25,27). The fraction of sp³-hybridized carbons (Fsp3) is 0.435. The minimum atomic E-state index is -3.37. The van der Waals surface area contributed by atoms with Gasteiger partial charge in [-0.15, -0.1) is 0 Å². The van der Waals surface area contributed by atoms with E-state index in [0.717, 1.165) is 22.9 Å². The molecule has 0 aliphatic carbocycles. The maximum atomic E-state index is 12.7. The van der Waals surface area contributed by atoms with E-state index in [0.29, 0.717) is 32.5 Å².